The molecule has 8 heteroatoms. The number of amides is 1. The molecule has 0 spiro atoms. The van der Waals surface area contributed by atoms with E-state index in [0.717, 1.165) is 5.56 Å². The van der Waals surface area contributed by atoms with Crippen LogP contribution in [0.5, 0.6) is 0 Å². The van der Waals surface area contributed by atoms with Gasteiger partial charge in [-0.3, -0.25) is 9.52 Å². The number of anilines is 1. The molecule has 0 saturated carbocycles. The van der Waals surface area contributed by atoms with Gasteiger partial charge >= 0.3 is 0 Å². The smallest absolute Gasteiger partial charge is 0.261 e. The minimum atomic E-state index is -3.79. The summed E-state index contributed by atoms with van der Waals surface area (Å²) in [6.45, 7) is 6.49. The lowest BCUT2D eigenvalue weighted by Gasteiger charge is -2.13. The van der Waals surface area contributed by atoms with Crippen molar-refractivity contribution in [3.05, 3.63) is 59.2 Å². The van der Waals surface area contributed by atoms with Gasteiger partial charge in [0, 0.05) is 17.8 Å². The van der Waals surface area contributed by atoms with Crippen molar-refractivity contribution in [3.8, 4) is 0 Å². The maximum Gasteiger partial charge on any atom is 0.261 e. The van der Waals surface area contributed by atoms with Crippen LogP contribution < -0.4 is 15.8 Å². The molecule has 0 heterocycles. The summed E-state index contributed by atoms with van der Waals surface area (Å²) in [5.41, 5.74) is 8.02. The Balaban J connectivity index is 0.00000364. The van der Waals surface area contributed by atoms with E-state index in [1.54, 1.807) is 31.2 Å². The van der Waals surface area contributed by atoms with E-state index in [1.807, 2.05) is 19.9 Å². The standard InChI is InChI=1S/C19H25N3O3S.ClH/c1-13-5-4-6-16(9-13)22-26(24,25)17-8-7-15(3)18(10-17)19(23)21-12-14(2)11-20;/h4-10,14,22H,11-12,20H2,1-3H3,(H,21,23);1H. The quantitative estimate of drug-likeness (QED) is 0.651. The van der Waals surface area contributed by atoms with Crippen LogP contribution in [0.4, 0.5) is 5.69 Å². The second-order valence-electron chi connectivity index (χ2n) is 6.50. The maximum atomic E-state index is 12.7. The highest BCUT2D eigenvalue weighted by Crippen LogP contribution is 2.20. The van der Waals surface area contributed by atoms with E-state index < -0.39 is 10.0 Å². The van der Waals surface area contributed by atoms with Crippen LogP contribution in [-0.2, 0) is 10.0 Å². The molecule has 0 saturated heterocycles. The second kappa shape index (κ2) is 9.73. The van der Waals surface area contributed by atoms with E-state index in [0.29, 0.717) is 29.9 Å². The molecule has 2 aromatic carbocycles. The Bertz CT molecular complexity index is 901. The third-order valence-electron chi connectivity index (χ3n) is 4.05. The van der Waals surface area contributed by atoms with E-state index in [9.17, 15) is 13.2 Å². The van der Waals surface area contributed by atoms with Crippen LogP contribution in [0.25, 0.3) is 0 Å². The van der Waals surface area contributed by atoms with Gasteiger partial charge in [-0.2, -0.15) is 0 Å². The molecular weight excluding hydrogens is 386 g/mol. The summed E-state index contributed by atoms with van der Waals surface area (Å²) in [5.74, 6) is -0.162. The molecule has 0 fully saturated rings. The topological polar surface area (TPSA) is 101 Å². The third-order valence-corrected chi connectivity index (χ3v) is 5.43. The fourth-order valence-electron chi connectivity index (χ4n) is 2.38. The first-order chi connectivity index (χ1) is 12.2. The highest BCUT2D eigenvalue weighted by atomic mass is 35.5. The summed E-state index contributed by atoms with van der Waals surface area (Å²) in [7, 11) is -3.79. The molecule has 27 heavy (non-hydrogen) atoms. The Kier molecular flexibility index (Phi) is 8.27. The zero-order valence-corrected chi connectivity index (χ0v) is 17.3. The highest BCUT2D eigenvalue weighted by molar-refractivity contribution is 7.92. The molecule has 4 N–H and O–H groups in total. The molecule has 0 aliphatic rings. The first kappa shape index (κ1) is 23.0. The van der Waals surface area contributed by atoms with Crippen molar-refractivity contribution >= 4 is 34.0 Å². The van der Waals surface area contributed by atoms with Crippen molar-refractivity contribution in [2.24, 2.45) is 11.7 Å². The molecule has 1 unspecified atom stereocenters. The second-order valence-corrected chi connectivity index (χ2v) is 8.19. The summed E-state index contributed by atoms with van der Waals surface area (Å²) in [6, 6.07) is 11.6. The molecule has 0 aliphatic heterocycles. The number of rotatable bonds is 7. The number of nitrogens with two attached hydrogens (primary N) is 1. The third kappa shape index (κ3) is 6.23. The van der Waals surface area contributed by atoms with Crippen molar-refractivity contribution in [2.75, 3.05) is 17.8 Å². The van der Waals surface area contributed by atoms with E-state index in [1.165, 1.54) is 12.1 Å². The molecular formula is C19H26ClN3O3S. The number of nitrogens with one attached hydrogen (secondary N) is 2. The van der Waals surface area contributed by atoms with Gasteiger partial charge in [0.25, 0.3) is 15.9 Å². The van der Waals surface area contributed by atoms with Crippen molar-refractivity contribution in [1.29, 1.82) is 0 Å². The Morgan fingerprint density at radius 2 is 1.85 bits per heavy atom. The zero-order chi connectivity index (χ0) is 19.3. The fourth-order valence-corrected chi connectivity index (χ4v) is 3.46. The summed E-state index contributed by atoms with van der Waals surface area (Å²) in [6.07, 6.45) is 0. The molecule has 2 aromatic rings. The number of hydrogen-bond donors (Lipinski definition) is 3. The number of aryl methyl sites for hydroxylation is 2. The van der Waals surface area contributed by atoms with Crippen LogP contribution >= 0.6 is 12.4 Å². The number of hydrogen-bond acceptors (Lipinski definition) is 4. The number of halogens is 1. The van der Waals surface area contributed by atoms with Crippen LogP contribution in [0.1, 0.15) is 28.4 Å². The molecule has 148 valence electrons. The Labute approximate surface area is 167 Å². The Morgan fingerprint density at radius 3 is 2.48 bits per heavy atom. The van der Waals surface area contributed by atoms with Gasteiger partial charge in [-0.1, -0.05) is 25.1 Å². The lowest BCUT2D eigenvalue weighted by molar-refractivity contribution is 0.0947. The average molecular weight is 412 g/mol. The van der Waals surface area contributed by atoms with Crippen molar-refractivity contribution in [2.45, 2.75) is 25.7 Å². The van der Waals surface area contributed by atoms with Gasteiger partial charge in [-0.15, -0.1) is 12.4 Å². The molecule has 0 bridgehead atoms. The first-order valence-electron chi connectivity index (χ1n) is 8.41. The van der Waals surface area contributed by atoms with Gasteiger partial charge in [0.05, 0.1) is 4.90 Å². The Hall–Kier alpha value is -2.09. The number of benzene rings is 2. The number of carbonyl (C=O) groups is 1. The minimum Gasteiger partial charge on any atom is -0.352 e. The number of carbonyl (C=O) groups excluding carboxylic acids is 1. The lowest BCUT2D eigenvalue weighted by atomic mass is 10.1. The monoisotopic (exact) mass is 411 g/mol. The normalized spacial score (nSPS) is 12.0. The zero-order valence-electron chi connectivity index (χ0n) is 15.7. The van der Waals surface area contributed by atoms with Crippen LogP contribution in [0.3, 0.4) is 0 Å². The number of sulfonamides is 1. The van der Waals surface area contributed by atoms with Crippen LogP contribution in [0.2, 0.25) is 0 Å². The minimum absolute atomic E-state index is 0. The van der Waals surface area contributed by atoms with Gasteiger partial charge in [0.15, 0.2) is 0 Å². The van der Waals surface area contributed by atoms with Gasteiger partial charge in [-0.25, -0.2) is 8.42 Å². The first-order valence-corrected chi connectivity index (χ1v) is 9.89. The van der Waals surface area contributed by atoms with E-state index >= 15 is 0 Å². The molecule has 1 amide bonds. The summed E-state index contributed by atoms with van der Waals surface area (Å²) < 4.78 is 27.8. The van der Waals surface area contributed by atoms with E-state index in [-0.39, 0.29) is 29.1 Å². The molecule has 6 nitrogen and oxygen atoms in total. The summed E-state index contributed by atoms with van der Waals surface area (Å²) in [5, 5.41) is 2.79. The van der Waals surface area contributed by atoms with E-state index in [4.69, 9.17) is 5.73 Å². The van der Waals surface area contributed by atoms with Gasteiger partial charge in [0.2, 0.25) is 0 Å². The molecule has 2 rings (SSSR count). The van der Waals surface area contributed by atoms with Crippen LogP contribution in [0, 0.1) is 19.8 Å². The van der Waals surface area contributed by atoms with Crippen molar-refractivity contribution in [3.63, 3.8) is 0 Å². The van der Waals surface area contributed by atoms with Crippen molar-refractivity contribution < 1.29 is 13.2 Å². The van der Waals surface area contributed by atoms with Crippen LogP contribution in [-0.4, -0.2) is 27.4 Å². The molecule has 0 aromatic heterocycles. The largest absolute Gasteiger partial charge is 0.352 e. The van der Waals surface area contributed by atoms with E-state index in [2.05, 4.69) is 10.0 Å². The molecule has 0 aliphatic carbocycles. The van der Waals surface area contributed by atoms with Crippen LogP contribution in [0.15, 0.2) is 47.4 Å². The SMILES string of the molecule is Cc1cccc(NS(=O)(=O)c2ccc(C)c(C(=O)NCC(C)CN)c2)c1.Cl. The van der Waals surface area contributed by atoms with Gasteiger partial charge in [0.1, 0.15) is 0 Å². The Morgan fingerprint density at radius 1 is 1.15 bits per heavy atom. The maximum absolute atomic E-state index is 12.7. The lowest BCUT2D eigenvalue weighted by Crippen LogP contribution is -2.31. The summed E-state index contributed by atoms with van der Waals surface area (Å²) in [4.78, 5) is 12.4. The molecule has 0 radical (unpaired) electrons. The predicted octanol–water partition coefficient (Wildman–Crippen LogP) is 2.85. The predicted molar refractivity (Wildman–Crippen MR) is 111 cm³/mol. The van der Waals surface area contributed by atoms with Crippen molar-refractivity contribution in [1.82, 2.24) is 5.32 Å². The molecule has 1 atom stereocenters. The highest BCUT2D eigenvalue weighted by Gasteiger charge is 2.18. The van der Waals surface area contributed by atoms with Gasteiger partial charge in [-0.05, 0) is 61.7 Å². The summed E-state index contributed by atoms with van der Waals surface area (Å²) >= 11 is 0. The fraction of sp³-hybridized carbons (Fsp3) is 0.316. The van der Waals surface area contributed by atoms with Gasteiger partial charge < -0.3 is 11.1 Å². The average Bonchev–Trinajstić information content (AvgIpc) is 2.59.